The van der Waals surface area contributed by atoms with Gasteiger partial charge in [-0.3, -0.25) is 4.79 Å². The number of carbonyl (C=O) groups excluding carboxylic acids is 1. The van der Waals surface area contributed by atoms with E-state index in [1.54, 1.807) is 12.1 Å². The van der Waals surface area contributed by atoms with Crippen LogP contribution in [0.4, 0.5) is 4.39 Å². The second-order valence-corrected chi connectivity index (χ2v) is 6.74. The summed E-state index contributed by atoms with van der Waals surface area (Å²) in [5.41, 5.74) is 0.738. The molecule has 2 unspecified atom stereocenters. The van der Waals surface area contributed by atoms with E-state index in [0.717, 1.165) is 31.5 Å². The van der Waals surface area contributed by atoms with Gasteiger partial charge in [-0.05, 0) is 43.0 Å². The number of hydrogen-bond donors (Lipinski definition) is 2. The number of hydrogen-bond acceptors (Lipinski definition) is 3. The molecule has 0 bridgehead atoms. The molecule has 0 aromatic heterocycles. The topological polar surface area (TPSA) is 52.6 Å². The van der Waals surface area contributed by atoms with Crippen LogP contribution in [-0.2, 0) is 4.79 Å². The number of piperidine rings is 1. The Morgan fingerprint density at radius 1 is 1.39 bits per heavy atom. The molecule has 5 heteroatoms. The smallest absolute Gasteiger partial charge is 0.222 e. The van der Waals surface area contributed by atoms with Crippen LogP contribution >= 0.6 is 0 Å². The average molecular weight is 322 g/mol. The first-order valence-corrected chi connectivity index (χ1v) is 8.39. The molecule has 4 nitrogen and oxygen atoms in total. The lowest BCUT2D eigenvalue weighted by atomic mass is 9.97. The fraction of sp³-hybridized carbons (Fsp3) is 0.611. The van der Waals surface area contributed by atoms with E-state index in [1.165, 1.54) is 12.1 Å². The molecular weight excluding hydrogens is 295 g/mol. The van der Waals surface area contributed by atoms with Gasteiger partial charge in [0.15, 0.2) is 0 Å². The Morgan fingerprint density at radius 3 is 2.74 bits per heavy atom. The van der Waals surface area contributed by atoms with Crippen molar-refractivity contribution in [3.63, 3.8) is 0 Å². The number of nitrogens with zero attached hydrogens (tertiary/aromatic N) is 1. The third-order valence-electron chi connectivity index (χ3n) is 4.38. The fourth-order valence-corrected chi connectivity index (χ4v) is 2.97. The summed E-state index contributed by atoms with van der Waals surface area (Å²) in [5, 5.41) is 13.3. The predicted octanol–water partition coefficient (Wildman–Crippen LogP) is 2.34. The third kappa shape index (κ3) is 5.59. The maximum Gasteiger partial charge on any atom is 0.222 e. The number of β-amino-alcohol motifs (C(OH)–C–C–N with tert-alkyl or cyclic N) is 1. The summed E-state index contributed by atoms with van der Waals surface area (Å²) < 4.78 is 12.9. The van der Waals surface area contributed by atoms with Gasteiger partial charge < -0.3 is 15.3 Å². The number of nitrogens with one attached hydrogen (secondary N) is 1. The molecular formula is C18H27FN2O2. The number of amides is 1. The van der Waals surface area contributed by atoms with Crippen LogP contribution in [0.5, 0.6) is 0 Å². The molecule has 0 saturated carbocycles. The van der Waals surface area contributed by atoms with Gasteiger partial charge >= 0.3 is 0 Å². The van der Waals surface area contributed by atoms with Crippen molar-refractivity contribution in [2.45, 2.75) is 32.8 Å². The summed E-state index contributed by atoms with van der Waals surface area (Å²) in [7, 11) is 0. The molecule has 128 valence electrons. The van der Waals surface area contributed by atoms with Crippen molar-refractivity contribution >= 4 is 5.91 Å². The van der Waals surface area contributed by atoms with E-state index in [0.29, 0.717) is 19.0 Å². The summed E-state index contributed by atoms with van der Waals surface area (Å²) in [6, 6.07) is 6.01. The highest BCUT2D eigenvalue weighted by molar-refractivity contribution is 5.77. The minimum Gasteiger partial charge on any atom is -0.387 e. The largest absolute Gasteiger partial charge is 0.387 e. The molecule has 2 atom stereocenters. The van der Waals surface area contributed by atoms with Gasteiger partial charge in [-0.2, -0.15) is 0 Å². The number of halogens is 1. The number of rotatable bonds is 6. The SMILES string of the molecule is CC(C)C(=O)NCC1CCCN(CC(O)c2ccc(F)cc2)C1. The van der Waals surface area contributed by atoms with Gasteiger partial charge in [-0.25, -0.2) is 4.39 Å². The summed E-state index contributed by atoms with van der Waals surface area (Å²) in [6.45, 7) is 6.84. The number of likely N-dealkylation sites (tertiary alicyclic amines) is 1. The maximum absolute atomic E-state index is 12.9. The van der Waals surface area contributed by atoms with Gasteiger partial charge in [0.2, 0.25) is 5.91 Å². The first kappa shape index (κ1) is 17.9. The van der Waals surface area contributed by atoms with E-state index >= 15 is 0 Å². The molecule has 0 spiro atoms. The molecule has 1 fully saturated rings. The van der Waals surface area contributed by atoms with Gasteiger partial charge in [0, 0.05) is 25.6 Å². The van der Waals surface area contributed by atoms with Gasteiger partial charge in [-0.1, -0.05) is 26.0 Å². The molecule has 0 aliphatic carbocycles. The van der Waals surface area contributed by atoms with Gasteiger partial charge in [-0.15, -0.1) is 0 Å². The van der Waals surface area contributed by atoms with Crippen LogP contribution < -0.4 is 5.32 Å². The number of aliphatic hydroxyl groups excluding tert-OH is 1. The minimum atomic E-state index is -0.611. The Kier molecular flexibility index (Phi) is 6.54. The Balaban J connectivity index is 1.81. The van der Waals surface area contributed by atoms with Crippen molar-refractivity contribution < 1.29 is 14.3 Å². The summed E-state index contributed by atoms with van der Waals surface area (Å²) in [5.74, 6) is 0.232. The molecule has 1 aliphatic heterocycles. The second-order valence-electron chi connectivity index (χ2n) is 6.74. The Bertz CT molecular complexity index is 504. The van der Waals surface area contributed by atoms with Crippen molar-refractivity contribution in [3.05, 3.63) is 35.6 Å². The molecule has 1 saturated heterocycles. The minimum absolute atomic E-state index is 0.00925. The lowest BCUT2D eigenvalue weighted by molar-refractivity contribution is -0.124. The van der Waals surface area contributed by atoms with Crippen LogP contribution in [0.1, 0.15) is 38.4 Å². The molecule has 1 aliphatic rings. The lowest BCUT2D eigenvalue weighted by Crippen LogP contribution is -2.43. The quantitative estimate of drug-likeness (QED) is 0.845. The van der Waals surface area contributed by atoms with E-state index in [2.05, 4.69) is 10.2 Å². The van der Waals surface area contributed by atoms with Gasteiger partial charge in [0.25, 0.3) is 0 Å². The van der Waals surface area contributed by atoms with Crippen LogP contribution in [0.3, 0.4) is 0 Å². The molecule has 23 heavy (non-hydrogen) atoms. The molecule has 1 heterocycles. The highest BCUT2D eigenvalue weighted by Crippen LogP contribution is 2.20. The number of benzene rings is 1. The van der Waals surface area contributed by atoms with E-state index < -0.39 is 6.10 Å². The molecule has 0 radical (unpaired) electrons. The summed E-state index contributed by atoms with van der Waals surface area (Å²) in [6.07, 6.45) is 1.56. The first-order valence-electron chi connectivity index (χ1n) is 8.39. The van der Waals surface area contributed by atoms with Crippen LogP contribution in [0.2, 0.25) is 0 Å². The maximum atomic E-state index is 12.9. The van der Waals surface area contributed by atoms with E-state index in [9.17, 15) is 14.3 Å². The molecule has 1 amide bonds. The summed E-state index contributed by atoms with van der Waals surface area (Å²) >= 11 is 0. The molecule has 2 N–H and O–H groups in total. The van der Waals surface area contributed by atoms with Crippen LogP contribution in [0.15, 0.2) is 24.3 Å². The Morgan fingerprint density at radius 2 is 2.09 bits per heavy atom. The lowest BCUT2D eigenvalue weighted by Gasteiger charge is -2.34. The summed E-state index contributed by atoms with van der Waals surface area (Å²) in [4.78, 5) is 13.9. The van der Waals surface area contributed by atoms with Crippen molar-refractivity contribution in [2.24, 2.45) is 11.8 Å². The van der Waals surface area contributed by atoms with Crippen LogP contribution in [0, 0.1) is 17.7 Å². The van der Waals surface area contributed by atoms with Gasteiger partial charge in [0.05, 0.1) is 6.10 Å². The van der Waals surface area contributed by atoms with Crippen LogP contribution in [-0.4, -0.2) is 42.1 Å². The number of aliphatic hydroxyl groups is 1. The van der Waals surface area contributed by atoms with Crippen molar-refractivity contribution in [2.75, 3.05) is 26.2 Å². The van der Waals surface area contributed by atoms with Gasteiger partial charge in [0.1, 0.15) is 5.82 Å². The molecule has 1 aromatic rings. The van der Waals surface area contributed by atoms with E-state index in [-0.39, 0.29) is 17.6 Å². The second kappa shape index (κ2) is 8.41. The van der Waals surface area contributed by atoms with Crippen molar-refractivity contribution in [1.29, 1.82) is 0 Å². The van der Waals surface area contributed by atoms with Crippen LogP contribution in [0.25, 0.3) is 0 Å². The Labute approximate surface area is 137 Å². The van der Waals surface area contributed by atoms with E-state index in [4.69, 9.17) is 0 Å². The molecule has 2 rings (SSSR count). The zero-order valence-electron chi connectivity index (χ0n) is 14.0. The highest BCUT2D eigenvalue weighted by Gasteiger charge is 2.23. The fourth-order valence-electron chi connectivity index (χ4n) is 2.97. The predicted molar refractivity (Wildman–Crippen MR) is 88.4 cm³/mol. The monoisotopic (exact) mass is 322 g/mol. The normalized spacial score (nSPS) is 20.5. The van der Waals surface area contributed by atoms with Crippen molar-refractivity contribution in [1.82, 2.24) is 10.2 Å². The van der Waals surface area contributed by atoms with E-state index in [1.807, 2.05) is 13.8 Å². The average Bonchev–Trinajstić information content (AvgIpc) is 2.53. The third-order valence-corrected chi connectivity index (χ3v) is 4.38. The number of carbonyl (C=O) groups is 1. The highest BCUT2D eigenvalue weighted by atomic mass is 19.1. The standard InChI is InChI=1S/C18H27FN2O2/c1-13(2)18(23)20-10-14-4-3-9-21(11-14)12-17(22)15-5-7-16(19)8-6-15/h5-8,13-14,17,22H,3-4,9-12H2,1-2H3,(H,20,23). The van der Waals surface area contributed by atoms with Crippen molar-refractivity contribution in [3.8, 4) is 0 Å². The zero-order valence-corrected chi connectivity index (χ0v) is 14.0. The zero-order chi connectivity index (χ0) is 16.8. The Hall–Kier alpha value is -1.46. The first-order chi connectivity index (χ1) is 11.0. The molecule has 1 aromatic carbocycles.